The molecule has 0 saturated heterocycles. The molecule has 0 aliphatic rings. The van der Waals surface area contributed by atoms with Crippen molar-refractivity contribution in [2.75, 3.05) is 11.5 Å². The first-order valence-corrected chi connectivity index (χ1v) is 4.50. The summed E-state index contributed by atoms with van der Waals surface area (Å²) in [6.45, 7) is 6.76. The van der Waals surface area contributed by atoms with Crippen LogP contribution < -0.4 is 0 Å². The van der Waals surface area contributed by atoms with Gasteiger partial charge in [-0.15, -0.1) is 0 Å². The fraction of sp³-hybridized carbons (Fsp3) is 1.00. The highest BCUT2D eigenvalue weighted by molar-refractivity contribution is 7.99. The molecule has 0 heterocycles. The minimum Gasteiger partial charge on any atom is -0.162 e. The Labute approximate surface area is 65.4 Å². The summed E-state index contributed by atoms with van der Waals surface area (Å²) in [4.78, 5) is 0. The Balaban J connectivity index is 0. The summed E-state index contributed by atoms with van der Waals surface area (Å²) in [6, 6.07) is 0. The van der Waals surface area contributed by atoms with Crippen LogP contribution in [0.5, 0.6) is 0 Å². The van der Waals surface area contributed by atoms with Gasteiger partial charge in [-0.3, -0.25) is 0 Å². The van der Waals surface area contributed by atoms with Gasteiger partial charge in [0.15, 0.2) is 0 Å². The zero-order valence-corrected chi connectivity index (χ0v) is 6.92. The van der Waals surface area contributed by atoms with Gasteiger partial charge in [-0.25, -0.2) is 0 Å². The molecule has 0 aliphatic heterocycles. The van der Waals surface area contributed by atoms with Crippen molar-refractivity contribution in [3.8, 4) is 0 Å². The standard InChI is InChI=1S/C7H16S.BH3/c1-4-8-6-5-7(2)3;/h7H,4-6H2,1-3H3;1H3. The Morgan fingerprint density at radius 3 is 2.22 bits per heavy atom. The minimum atomic E-state index is 0. The second kappa shape index (κ2) is 8.41. The van der Waals surface area contributed by atoms with E-state index < -0.39 is 0 Å². The smallest absolute Gasteiger partial charge is 0.0814 e. The molecule has 0 fully saturated rings. The van der Waals surface area contributed by atoms with Gasteiger partial charge >= 0.3 is 0 Å². The average molecular weight is 146 g/mol. The molecule has 0 bridgehead atoms. The van der Waals surface area contributed by atoms with Gasteiger partial charge in [0.25, 0.3) is 0 Å². The van der Waals surface area contributed by atoms with Crippen molar-refractivity contribution >= 4 is 20.2 Å². The predicted molar refractivity (Wildman–Crippen MR) is 52.4 cm³/mol. The molecule has 0 aromatic carbocycles. The molecule has 2 heteroatoms. The van der Waals surface area contributed by atoms with Gasteiger partial charge in [-0.1, -0.05) is 20.8 Å². The average Bonchev–Trinajstić information content (AvgIpc) is 1.66. The van der Waals surface area contributed by atoms with E-state index in [1.165, 1.54) is 17.9 Å². The first kappa shape index (κ1) is 12.1. The molecule has 0 spiro atoms. The van der Waals surface area contributed by atoms with Crippen LogP contribution in [0.1, 0.15) is 27.2 Å². The van der Waals surface area contributed by atoms with Crippen molar-refractivity contribution < 1.29 is 0 Å². The van der Waals surface area contributed by atoms with Crippen LogP contribution in [0.3, 0.4) is 0 Å². The Hall–Kier alpha value is 0.415. The molecule has 0 nitrogen and oxygen atoms in total. The van der Waals surface area contributed by atoms with Crippen molar-refractivity contribution in [1.82, 2.24) is 0 Å². The Bertz CT molecular complexity index is 46.2. The summed E-state index contributed by atoms with van der Waals surface area (Å²) >= 11 is 2.04. The fourth-order valence-electron chi connectivity index (χ4n) is 0.463. The minimum absolute atomic E-state index is 0. The molecule has 0 aliphatic carbocycles. The molecule has 0 atom stereocenters. The molecule has 9 heavy (non-hydrogen) atoms. The van der Waals surface area contributed by atoms with Crippen molar-refractivity contribution in [2.24, 2.45) is 5.92 Å². The number of rotatable bonds is 4. The lowest BCUT2D eigenvalue weighted by Gasteiger charge is -2.00. The van der Waals surface area contributed by atoms with Gasteiger partial charge in [-0.05, 0) is 23.8 Å². The molecule has 0 N–H and O–H groups in total. The third-order valence-electron chi connectivity index (χ3n) is 1.04. The molecule has 0 unspecified atom stereocenters. The highest BCUT2D eigenvalue weighted by Crippen LogP contribution is 2.06. The predicted octanol–water partition coefficient (Wildman–Crippen LogP) is 1.60. The lowest BCUT2D eigenvalue weighted by Crippen LogP contribution is -1.88. The lowest BCUT2D eigenvalue weighted by atomic mass is 10.2. The van der Waals surface area contributed by atoms with Crippen LogP contribution in [0.15, 0.2) is 0 Å². The molecule has 0 saturated carbocycles. The maximum Gasteiger partial charge on any atom is 0.0814 e. The summed E-state index contributed by atoms with van der Waals surface area (Å²) in [5, 5.41) is 0. The van der Waals surface area contributed by atoms with E-state index in [2.05, 4.69) is 20.8 Å². The quantitative estimate of drug-likeness (QED) is 0.428. The first-order chi connectivity index (χ1) is 3.77. The van der Waals surface area contributed by atoms with Crippen molar-refractivity contribution in [3.05, 3.63) is 0 Å². The monoisotopic (exact) mass is 146 g/mol. The van der Waals surface area contributed by atoms with E-state index in [0.717, 1.165) is 5.92 Å². The second-order valence-corrected chi connectivity index (χ2v) is 3.77. The summed E-state index contributed by atoms with van der Waals surface area (Å²) in [6.07, 6.45) is 1.37. The SMILES string of the molecule is B.CCSCCC(C)C. The topological polar surface area (TPSA) is 0 Å². The molecular weight excluding hydrogens is 127 g/mol. The van der Waals surface area contributed by atoms with E-state index >= 15 is 0 Å². The summed E-state index contributed by atoms with van der Waals surface area (Å²) in [5.74, 6) is 3.50. The summed E-state index contributed by atoms with van der Waals surface area (Å²) in [7, 11) is 0. The van der Waals surface area contributed by atoms with Crippen molar-refractivity contribution in [3.63, 3.8) is 0 Å². The van der Waals surface area contributed by atoms with E-state index in [1.54, 1.807) is 0 Å². The van der Waals surface area contributed by atoms with Crippen LogP contribution in [0.4, 0.5) is 0 Å². The molecule has 0 aromatic heterocycles. The molecule has 0 amide bonds. The lowest BCUT2D eigenvalue weighted by molar-refractivity contribution is 0.632. The Kier molecular flexibility index (Phi) is 11.3. The third kappa shape index (κ3) is 11.8. The highest BCUT2D eigenvalue weighted by Gasteiger charge is 1.90. The van der Waals surface area contributed by atoms with Gasteiger partial charge in [0, 0.05) is 0 Å². The van der Waals surface area contributed by atoms with Crippen LogP contribution in [-0.2, 0) is 0 Å². The maximum atomic E-state index is 2.27. The zero-order valence-electron chi connectivity index (χ0n) is 6.11. The molecule has 56 valence electrons. The third-order valence-corrected chi connectivity index (χ3v) is 1.98. The van der Waals surface area contributed by atoms with Crippen LogP contribution >= 0.6 is 11.8 Å². The van der Waals surface area contributed by atoms with Gasteiger partial charge in [-0.2, -0.15) is 11.8 Å². The largest absolute Gasteiger partial charge is 0.162 e. The van der Waals surface area contributed by atoms with Crippen molar-refractivity contribution in [1.29, 1.82) is 0 Å². The maximum absolute atomic E-state index is 2.27. The number of hydrogen-bond acceptors (Lipinski definition) is 1. The Morgan fingerprint density at radius 1 is 1.33 bits per heavy atom. The molecule has 0 radical (unpaired) electrons. The zero-order chi connectivity index (χ0) is 6.41. The number of hydrogen-bond donors (Lipinski definition) is 0. The second-order valence-electron chi connectivity index (χ2n) is 2.38. The first-order valence-electron chi connectivity index (χ1n) is 3.35. The van der Waals surface area contributed by atoms with E-state index in [0.29, 0.717) is 0 Å². The van der Waals surface area contributed by atoms with Gasteiger partial charge in [0.2, 0.25) is 0 Å². The van der Waals surface area contributed by atoms with E-state index in [4.69, 9.17) is 0 Å². The Morgan fingerprint density at radius 2 is 1.89 bits per heavy atom. The van der Waals surface area contributed by atoms with Gasteiger partial charge in [0.1, 0.15) is 0 Å². The molecule has 0 rings (SSSR count). The van der Waals surface area contributed by atoms with E-state index in [9.17, 15) is 0 Å². The fourth-order valence-corrected chi connectivity index (χ4v) is 1.39. The number of thioether (sulfide) groups is 1. The van der Waals surface area contributed by atoms with Crippen LogP contribution in [0.2, 0.25) is 0 Å². The van der Waals surface area contributed by atoms with Crippen molar-refractivity contribution in [2.45, 2.75) is 27.2 Å². The van der Waals surface area contributed by atoms with Gasteiger partial charge < -0.3 is 0 Å². The normalized spacial score (nSPS) is 9.33. The van der Waals surface area contributed by atoms with Gasteiger partial charge in [0.05, 0.1) is 8.41 Å². The molecule has 0 aromatic rings. The summed E-state index contributed by atoms with van der Waals surface area (Å²) < 4.78 is 0. The highest BCUT2D eigenvalue weighted by atomic mass is 32.2. The van der Waals surface area contributed by atoms with E-state index in [-0.39, 0.29) is 8.41 Å². The molecular formula is C7H19BS. The van der Waals surface area contributed by atoms with E-state index in [1.807, 2.05) is 11.8 Å². The van der Waals surface area contributed by atoms with Crippen LogP contribution in [0.25, 0.3) is 0 Å². The van der Waals surface area contributed by atoms with Crippen LogP contribution in [0, 0.1) is 5.92 Å². The van der Waals surface area contributed by atoms with Crippen LogP contribution in [-0.4, -0.2) is 19.9 Å². The summed E-state index contributed by atoms with van der Waals surface area (Å²) in [5.41, 5.74) is 0.